The molecular formula is C18H24B2N4. The first-order chi connectivity index (χ1) is 11.5. The van der Waals surface area contributed by atoms with E-state index in [1.807, 2.05) is 18.2 Å². The maximum atomic E-state index is 4.81. The molecule has 0 bridgehead atoms. The van der Waals surface area contributed by atoms with E-state index < -0.39 is 0 Å². The summed E-state index contributed by atoms with van der Waals surface area (Å²) in [6, 6.07) is 10.3. The van der Waals surface area contributed by atoms with Gasteiger partial charge in [0.25, 0.3) is 0 Å². The van der Waals surface area contributed by atoms with Gasteiger partial charge in [0, 0.05) is 19.3 Å². The normalized spacial score (nSPS) is 17.0. The third-order valence-corrected chi connectivity index (χ3v) is 5.00. The third-order valence-electron chi connectivity index (χ3n) is 5.00. The van der Waals surface area contributed by atoms with Crippen LogP contribution in [-0.4, -0.2) is 43.2 Å². The summed E-state index contributed by atoms with van der Waals surface area (Å²) in [6.07, 6.45) is 5.95. The van der Waals surface area contributed by atoms with Crippen molar-refractivity contribution in [2.45, 2.75) is 31.4 Å². The maximum absolute atomic E-state index is 4.81. The van der Waals surface area contributed by atoms with Gasteiger partial charge in [0.2, 0.25) is 5.78 Å². The molecule has 24 heavy (non-hydrogen) atoms. The Kier molecular flexibility index (Phi) is 3.78. The van der Waals surface area contributed by atoms with Gasteiger partial charge in [0.1, 0.15) is 5.82 Å². The molecule has 1 aliphatic rings. The second-order valence-electron chi connectivity index (χ2n) is 8.25. The number of aromatic nitrogens is 3. The van der Waals surface area contributed by atoms with Gasteiger partial charge in [-0.1, -0.05) is 30.7 Å². The lowest BCUT2D eigenvalue weighted by atomic mass is 9.52. The molecule has 0 N–H and O–H groups in total. The number of hydrogen-bond acceptors (Lipinski definition) is 3. The lowest BCUT2D eigenvalue weighted by Gasteiger charge is -2.35. The van der Waals surface area contributed by atoms with Gasteiger partial charge in [0.15, 0.2) is 0 Å². The lowest BCUT2D eigenvalue weighted by molar-refractivity contribution is 0.367. The van der Waals surface area contributed by atoms with Crippen LogP contribution < -0.4 is 4.90 Å². The van der Waals surface area contributed by atoms with Crippen molar-refractivity contribution in [3.05, 3.63) is 36.5 Å². The van der Waals surface area contributed by atoms with Crippen LogP contribution in [0.1, 0.15) is 26.2 Å². The summed E-state index contributed by atoms with van der Waals surface area (Å²) >= 11 is 0. The van der Waals surface area contributed by atoms with Crippen molar-refractivity contribution in [3.8, 4) is 0 Å². The fourth-order valence-corrected chi connectivity index (χ4v) is 3.95. The van der Waals surface area contributed by atoms with Gasteiger partial charge in [0.05, 0.1) is 26.7 Å². The first-order valence-electron chi connectivity index (χ1n) is 8.98. The van der Waals surface area contributed by atoms with E-state index in [-0.39, 0.29) is 0 Å². The Bertz CT molecular complexity index is 860. The minimum Gasteiger partial charge on any atom is -0.356 e. The van der Waals surface area contributed by atoms with Crippen LogP contribution in [0.25, 0.3) is 16.8 Å². The molecule has 1 saturated heterocycles. The van der Waals surface area contributed by atoms with E-state index in [1.54, 1.807) is 0 Å². The minimum atomic E-state index is 0.431. The summed E-state index contributed by atoms with van der Waals surface area (Å²) in [6.45, 7) is 4.55. The summed E-state index contributed by atoms with van der Waals surface area (Å²) in [7, 11) is 4.69. The zero-order valence-corrected chi connectivity index (χ0v) is 14.9. The predicted molar refractivity (Wildman–Crippen MR) is 106 cm³/mol. The summed E-state index contributed by atoms with van der Waals surface area (Å²) in [5.74, 6) is 2.71. The molecule has 2 aromatic heterocycles. The molecular weight excluding hydrogens is 294 g/mol. The number of rotatable bonds is 3. The van der Waals surface area contributed by atoms with Gasteiger partial charge in [-0.25, -0.2) is 4.98 Å². The molecule has 0 radical (unpaired) electrons. The van der Waals surface area contributed by atoms with Crippen LogP contribution in [0, 0.1) is 5.92 Å². The minimum absolute atomic E-state index is 0.431. The molecule has 0 amide bonds. The molecule has 1 aromatic carbocycles. The molecule has 1 aliphatic heterocycles. The molecule has 6 heteroatoms. The second kappa shape index (κ2) is 5.83. The monoisotopic (exact) mass is 318 g/mol. The molecule has 0 saturated carbocycles. The van der Waals surface area contributed by atoms with Gasteiger partial charge in [-0.05, 0) is 37.0 Å². The number of fused-ring (bicyclic) bond motifs is 3. The predicted octanol–water partition coefficient (Wildman–Crippen LogP) is 1.89. The fraction of sp³-hybridized carbons (Fsp3) is 0.444. The summed E-state index contributed by atoms with van der Waals surface area (Å²) in [5.41, 5.74) is 2.13. The second-order valence-corrected chi connectivity index (χ2v) is 8.25. The topological polar surface area (TPSA) is 33.4 Å². The number of imidazole rings is 1. The van der Waals surface area contributed by atoms with Crippen LogP contribution in [0.5, 0.6) is 0 Å². The van der Waals surface area contributed by atoms with Crippen molar-refractivity contribution in [2.24, 2.45) is 5.92 Å². The zero-order valence-electron chi connectivity index (χ0n) is 14.9. The smallest absolute Gasteiger partial charge is 0.236 e. The van der Waals surface area contributed by atoms with Crippen molar-refractivity contribution in [3.63, 3.8) is 0 Å². The highest BCUT2D eigenvalue weighted by molar-refractivity contribution is 6.39. The Labute approximate surface area is 145 Å². The summed E-state index contributed by atoms with van der Waals surface area (Å²) in [5, 5.41) is 0.431. The van der Waals surface area contributed by atoms with Crippen LogP contribution in [-0.2, 0) is 0 Å². The van der Waals surface area contributed by atoms with Crippen LogP contribution >= 0.6 is 0 Å². The van der Waals surface area contributed by atoms with Crippen molar-refractivity contribution >= 4 is 38.3 Å². The van der Waals surface area contributed by atoms with E-state index in [0.29, 0.717) is 5.21 Å². The van der Waals surface area contributed by atoms with E-state index in [9.17, 15) is 0 Å². The average Bonchev–Trinajstić information content (AvgIpc) is 2.91. The molecule has 4 rings (SSSR count). The van der Waals surface area contributed by atoms with E-state index in [1.165, 1.54) is 19.3 Å². The maximum Gasteiger partial charge on any atom is 0.236 e. The molecule has 122 valence electrons. The molecule has 0 atom stereocenters. The number of benzene rings is 1. The highest BCUT2D eigenvalue weighted by Gasteiger charge is 2.24. The van der Waals surface area contributed by atoms with Gasteiger partial charge in [-0.3, -0.25) is 4.40 Å². The standard InChI is InChI=1S/C18H24B2N4/c1-18(19,20)12-13-6-9-23(10-7-13)16-8-11-24-15-5-3-2-4-14(15)21-17(24)22-16/h2-5,8,11,13H,6-7,9-10,12,19-20H2,1H3. The Balaban J connectivity index is 1.54. The van der Waals surface area contributed by atoms with Crippen molar-refractivity contribution < 1.29 is 0 Å². The third kappa shape index (κ3) is 3.02. The average molecular weight is 318 g/mol. The van der Waals surface area contributed by atoms with Gasteiger partial charge >= 0.3 is 0 Å². The highest BCUT2D eigenvalue weighted by atomic mass is 15.2. The quantitative estimate of drug-likeness (QED) is 0.692. The Hall–Kier alpha value is -1.97. The lowest BCUT2D eigenvalue weighted by Crippen LogP contribution is -2.35. The molecule has 3 aromatic rings. The number of anilines is 1. The molecule has 4 nitrogen and oxygen atoms in total. The fourth-order valence-electron chi connectivity index (χ4n) is 3.95. The molecule has 3 heterocycles. The number of nitrogens with zero attached hydrogens (tertiary/aromatic N) is 4. The van der Waals surface area contributed by atoms with Crippen LogP contribution in [0.4, 0.5) is 5.82 Å². The molecule has 0 spiro atoms. The Morgan fingerprint density at radius 2 is 1.88 bits per heavy atom. The number of para-hydroxylation sites is 2. The number of hydrogen-bond donors (Lipinski definition) is 0. The van der Waals surface area contributed by atoms with Gasteiger partial charge < -0.3 is 4.90 Å². The molecule has 0 aliphatic carbocycles. The Morgan fingerprint density at radius 1 is 1.12 bits per heavy atom. The van der Waals surface area contributed by atoms with Crippen LogP contribution in [0.2, 0.25) is 5.21 Å². The van der Waals surface area contributed by atoms with Crippen LogP contribution in [0.15, 0.2) is 36.5 Å². The van der Waals surface area contributed by atoms with Crippen molar-refractivity contribution in [1.29, 1.82) is 0 Å². The highest BCUT2D eigenvalue weighted by Crippen LogP contribution is 2.32. The van der Waals surface area contributed by atoms with Crippen LogP contribution in [0.3, 0.4) is 0 Å². The largest absolute Gasteiger partial charge is 0.356 e. The van der Waals surface area contributed by atoms with E-state index in [0.717, 1.165) is 41.6 Å². The van der Waals surface area contributed by atoms with Crippen molar-refractivity contribution in [2.75, 3.05) is 18.0 Å². The SMILES string of the molecule is BC(B)(C)CC1CCN(c2ccn3c(n2)nc2ccccc23)CC1. The summed E-state index contributed by atoms with van der Waals surface area (Å²) < 4.78 is 2.07. The first-order valence-corrected chi connectivity index (χ1v) is 8.98. The first kappa shape index (κ1) is 15.6. The van der Waals surface area contributed by atoms with Crippen molar-refractivity contribution in [1.82, 2.24) is 14.4 Å². The van der Waals surface area contributed by atoms with E-state index in [2.05, 4.69) is 55.2 Å². The molecule has 1 fully saturated rings. The molecule has 0 unspecified atom stereocenters. The van der Waals surface area contributed by atoms with E-state index >= 15 is 0 Å². The summed E-state index contributed by atoms with van der Waals surface area (Å²) in [4.78, 5) is 11.9. The van der Waals surface area contributed by atoms with E-state index in [4.69, 9.17) is 4.98 Å². The van der Waals surface area contributed by atoms with Gasteiger partial charge in [-0.2, -0.15) is 4.98 Å². The number of piperidine rings is 1. The van der Waals surface area contributed by atoms with Gasteiger partial charge in [-0.15, -0.1) is 0 Å². The zero-order chi connectivity index (χ0) is 16.7. The Morgan fingerprint density at radius 3 is 2.62 bits per heavy atom.